The summed E-state index contributed by atoms with van der Waals surface area (Å²) in [4.78, 5) is 23.7. The first kappa shape index (κ1) is 15.4. The SMILES string of the molecule is Cc1ccccc1NC(=O)C(=O)Nc1cc(Cl)ccc1Cl. The molecule has 6 heteroatoms. The molecule has 2 amide bonds. The van der Waals surface area contributed by atoms with Crippen molar-refractivity contribution in [2.75, 3.05) is 10.6 Å². The van der Waals surface area contributed by atoms with Gasteiger partial charge < -0.3 is 10.6 Å². The third kappa shape index (κ3) is 3.97. The number of rotatable bonds is 2. The molecular formula is C15H12Cl2N2O2. The maximum atomic E-state index is 11.9. The normalized spacial score (nSPS) is 10.0. The van der Waals surface area contributed by atoms with E-state index >= 15 is 0 Å². The molecule has 0 saturated carbocycles. The van der Waals surface area contributed by atoms with Crippen LogP contribution in [-0.4, -0.2) is 11.8 Å². The molecule has 0 heterocycles. The van der Waals surface area contributed by atoms with Gasteiger partial charge in [0.2, 0.25) is 0 Å². The maximum Gasteiger partial charge on any atom is 0.314 e. The predicted molar refractivity (Wildman–Crippen MR) is 84.9 cm³/mol. The van der Waals surface area contributed by atoms with Gasteiger partial charge in [-0.2, -0.15) is 0 Å². The van der Waals surface area contributed by atoms with Crippen molar-refractivity contribution in [2.45, 2.75) is 6.92 Å². The second kappa shape index (κ2) is 6.61. The lowest BCUT2D eigenvalue weighted by Gasteiger charge is -2.09. The van der Waals surface area contributed by atoms with Gasteiger partial charge in [-0.25, -0.2) is 0 Å². The van der Waals surface area contributed by atoms with Gasteiger partial charge in [-0.15, -0.1) is 0 Å². The fraction of sp³-hybridized carbons (Fsp3) is 0.0667. The summed E-state index contributed by atoms with van der Waals surface area (Å²) in [5.41, 5.74) is 1.73. The third-order valence-corrected chi connectivity index (χ3v) is 3.34. The van der Waals surface area contributed by atoms with Crippen LogP contribution in [0.25, 0.3) is 0 Å². The highest BCUT2D eigenvalue weighted by atomic mass is 35.5. The second-order valence-electron chi connectivity index (χ2n) is 4.35. The number of anilines is 2. The van der Waals surface area contributed by atoms with Crippen molar-refractivity contribution in [3.05, 3.63) is 58.1 Å². The number of hydrogen-bond acceptors (Lipinski definition) is 2. The van der Waals surface area contributed by atoms with Crippen LogP contribution in [0.3, 0.4) is 0 Å². The van der Waals surface area contributed by atoms with Crippen molar-refractivity contribution in [1.82, 2.24) is 0 Å². The Kier molecular flexibility index (Phi) is 4.83. The Morgan fingerprint density at radius 2 is 1.52 bits per heavy atom. The zero-order valence-corrected chi connectivity index (χ0v) is 12.6. The summed E-state index contributed by atoms with van der Waals surface area (Å²) in [5.74, 6) is -1.59. The Morgan fingerprint density at radius 1 is 0.905 bits per heavy atom. The summed E-state index contributed by atoms with van der Waals surface area (Å²) in [5, 5.41) is 5.67. The monoisotopic (exact) mass is 322 g/mol. The Labute approximate surface area is 132 Å². The van der Waals surface area contributed by atoms with Crippen LogP contribution in [0, 0.1) is 6.92 Å². The molecule has 2 aromatic rings. The highest BCUT2D eigenvalue weighted by Crippen LogP contribution is 2.25. The van der Waals surface area contributed by atoms with Crippen molar-refractivity contribution in [3.63, 3.8) is 0 Å². The predicted octanol–water partition coefficient (Wildman–Crippen LogP) is 3.88. The topological polar surface area (TPSA) is 58.2 Å². The first-order valence-electron chi connectivity index (χ1n) is 6.10. The molecule has 0 atom stereocenters. The van der Waals surface area contributed by atoms with Gasteiger partial charge in [0, 0.05) is 10.7 Å². The molecule has 0 aliphatic carbocycles. The zero-order chi connectivity index (χ0) is 15.4. The molecular weight excluding hydrogens is 311 g/mol. The number of hydrogen-bond donors (Lipinski definition) is 2. The summed E-state index contributed by atoms with van der Waals surface area (Å²) < 4.78 is 0. The fourth-order valence-corrected chi connectivity index (χ4v) is 2.00. The molecule has 0 spiro atoms. The summed E-state index contributed by atoms with van der Waals surface area (Å²) in [6, 6.07) is 11.8. The average Bonchev–Trinajstić information content (AvgIpc) is 2.45. The van der Waals surface area contributed by atoms with Crippen molar-refractivity contribution in [3.8, 4) is 0 Å². The van der Waals surface area contributed by atoms with Crippen LogP contribution in [-0.2, 0) is 9.59 Å². The van der Waals surface area contributed by atoms with E-state index in [9.17, 15) is 9.59 Å². The smallest absolute Gasteiger partial charge is 0.314 e. The van der Waals surface area contributed by atoms with Crippen molar-refractivity contribution < 1.29 is 9.59 Å². The lowest BCUT2D eigenvalue weighted by Crippen LogP contribution is -2.29. The van der Waals surface area contributed by atoms with Crippen LogP contribution < -0.4 is 10.6 Å². The minimum absolute atomic E-state index is 0.286. The van der Waals surface area contributed by atoms with E-state index in [1.807, 2.05) is 19.1 Å². The lowest BCUT2D eigenvalue weighted by molar-refractivity contribution is -0.133. The molecule has 2 N–H and O–H groups in total. The molecule has 0 bridgehead atoms. The first-order chi connectivity index (χ1) is 9.97. The van der Waals surface area contributed by atoms with Crippen LogP contribution in [0.4, 0.5) is 11.4 Å². The number of halogens is 2. The van der Waals surface area contributed by atoms with Crippen molar-refractivity contribution >= 4 is 46.4 Å². The van der Waals surface area contributed by atoms with E-state index in [-0.39, 0.29) is 5.69 Å². The molecule has 4 nitrogen and oxygen atoms in total. The Hall–Kier alpha value is -2.04. The van der Waals surface area contributed by atoms with Gasteiger partial charge in [0.15, 0.2) is 0 Å². The van der Waals surface area contributed by atoms with E-state index in [2.05, 4.69) is 10.6 Å². The molecule has 0 fully saturated rings. The second-order valence-corrected chi connectivity index (χ2v) is 5.19. The van der Waals surface area contributed by atoms with Crippen LogP contribution in [0.1, 0.15) is 5.56 Å². The van der Waals surface area contributed by atoms with E-state index in [1.165, 1.54) is 6.07 Å². The van der Waals surface area contributed by atoms with E-state index in [0.717, 1.165) is 5.56 Å². The fourth-order valence-electron chi connectivity index (χ4n) is 1.66. The Morgan fingerprint density at radius 3 is 2.19 bits per heavy atom. The van der Waals surface area contributed by atoms with Crippen molar-refractivity contribution in [2.24, 2.45) is 0 Å². The van der Waals surface area contributed by atoms with E-state index < -0.39 is 11.8 Å². The van der Waals surface area contributed by atoms with E-state index in [1.54, 1.807) is 24.3 Å². The van der Waals surface area contributed by atoms with Gasteiger partial charge in [0.1, 0.15) is 0 Å². The van der Waals surface area contributed by atoms with Crippen LogP contribution in [0.15, 0.2) is 42.5 Å². The molecule has 0 radical (unpaired) electrons. The average molecular weight is 323 g/mol. The summed E-state index contributed by atoms with van der Waals surface area (Å²) in [6.45, 7) is 1.83. The molecule has 2 rings (SSSR count). The van der Waals surface area contributed by atoms with E-state index in [4.69, 9.17) is 23.2 Å². The van der Waals surface area contributed by atoms with Crippen LogP contribution in [0.5, 0.6) is 0 Å². The highest BCUT2D eigenvalue weighted by Gasteiger charge is 2.16. The molecule has 0 saturated heterocycles. The first-order valence-corrected chi connectivity index (χ1v) is 6.86. The number of benzene rings is 2. The molecule has 21 heavy (non-hydrogen) atoms. The number of carbonyl (C=O) groups is 2. The van der Waals surface area contributed by atoms with Crippen LogP contribution >= 0.6 is 23.2 Å². The van der Waals surface area contributed by atoms with Crippen LogP contribution in [0.2, 0.25) is 10.0 Å². The van der Waals surface area contributed by atoms with Gasteiger partial charge in [-0.3, -0.25) is 9.59 Å². The highest BCUT2D eigenvalue weighted by molar-refractivity contribution is 6.45. The molecule has 2 aromatic carbocycles. The van der Waals surface area contributed by atoms with Crippen molar-refractivity contribution in [1.29, 1.82) is 0 Å². The number of aryl methyl sites for hydroxylation is 1. The molecule has 108 valence electrons. The van der Waals surface area contributed by atoms with Gasteiger partial charge in [0.05, 0.1) is 10.7 Å². The summed E-state index contributed by atoms with van der Waals surface area (Å²) in [7, 11) is 0. The minimum atomic E-state index is -0.817. The molecule has 0 unspecified atom stereocenters. The number of amides is 2. The molecule has 0 aliphatic heterocycles. The summed E-state index contributed by atoms with van der Waals surface area (Å²) >= 11 is 11.7. The quantitative estimate of drug-likeness (QED) is 0.824. The largest absolute Gasteiger partial charge is 0.318 e. The Bertz CT molecular complexity index is 702. The van der Waals surface area contributed by atoms with Gasteiger partial charge in [-0.1, -0.05) is 41.4 Å². The van der Waals surface area contributed by atoms with Gasteiger partial charge in [0.25, 0.3) is 0 Å². The lowest BCUT2D eigenvalue weighted by atomic mass is 10.2. The zero-order valence-electron chi connectivity index (χ0n) is 11.1. The standard InChI is InChI=1S/C15H12Cl2N2O2/c1-9-4-2-3-5-12(9)18-14(20)15(21)19-13-8-10(16)6-7-11(13)17/h2-8H,1H3,(H,18,20)(H,19,21). The minimum Gasteiger partial charge on any atom is -0.318 e. The number of para-hydroxylation sites is 1. The van der Waals surface area contributed by atoms with Gasteiger partial charge in [-0.05, 0) is 36.8 Å². The Balaban J connectivity index is 2.08. The number of carbonyl (C=O) groups excluding carboxylic acids is 2. The maximum absolute atomic E-state index is 11.9. The molecule has 0 aromatic heterocycles. The summed E-state index contributed by atoms with van der Waals surface area (Å²) in [6.07, 6.45) is 0. The third-order valence-electron chi connectivity index (χ3n) is 2.78. The van der Waals surface area contributed by atoms with Gasteiger partial charge >= 0.3 is 11.8 Å². The molecule has 0 aliphatic rings. The van der Waals surface area contributed by atoms with E-state index in [0.29, 0.717) is 15.7 Å². The number of nitrogens with one attached hydrogen (secondary N) is 2.